The number of carbonyl (C=O) groups excluding carboxylic acids is 1. The van der Waals surface area contributed by atoms with Crippen molar-refractivity contribution in [1.82, 2.24) is 16.0 Å². The summed E-state index contributed by atoms with van der Waals surface area (Å²) in [6, 6.07) is 13.2. The molecule has 2 rings (SSSR count). The van der Waals surface area contributed by atoms with Gasteiger partial charge in [-0.2, -0.15) is 0 Å². The molecule has 0 aromatic heterocycles. The number of nitrogens with zero attached hydrogens (tertiary/aromatic N) is 1. The lowest BCUT2D eigenvalue weighted by atomic mass is 10.1. The molecule has 30 heavy (non-hydrogen) atoms. The van der Waals surface area contributed by atoms with Crippen LogP contribution in [0.4, 0.5) is 13.2 Å². The number of rotatable bonds is 7. The summed E-state index contributed by atoms with van der Waals surface area (Å²) in [7, 11) is 3.14. The zero-order chi connectivity index (χ0) is 21.3. The van der Waals surface area contributed by atoms with E-state index in [1.807, 2.05) is 12.1 Å². The van der Waals surface area contributed by atoms with E-state index in [1.54, 1.807) is 38.4 Å². The first-order valence-corrected chi connectivity index (χ1v) is 8.91. The van der Waals surface area contributed by atoms with Crippen LogP contribution in [0.2, 0.25) is 0 Å². The standard InChI is InChI=1S/C20H23F3N4O2.HI/c1-24-18(28)15-8-5-6-14(12-15)10-11-26-19(25-2)27-13-16-7-3-4-9-17(16)29-20(21,22)23;/h3-9,12H,10-11,13H2,1-2H3,(H,24,28)(H2,25,26,27);1H. The maximum absolute atomic E-state index is 12.5. The summed E-state index contributed by atoms with van der Waals surface area (Å²) in [6.07, 6.45) is -4.11. The van der Waals surface area contributed by atoms with Gasteiger partial charge in [-0.1, -0.05) is 30.3 Å². The maximum Gasteiger partial charge on any atom is 0.573 e. The fraction of sp³-hybridized carbons (Fsp3) is 0.300. The lowest BCUT2D eigenvalue weighted by Gasteiger charge is -2.15. The van der Waals surface area contributed by atoms with E-state index in [9.17, 15) is 18.0 Å². The van der Waals surface area contributed by atoms with Crippen molar-refractivity contribution in [2.24, 2.45) is 4.99 Å². The van der Waals surface area contributed by atoms with Crippen molar-refractivity contribution in [2.75, 3.05) is 20.6 Å². The lowest BCUT2D eigenvalue weighted by molar-refractivity contribution is -0.274. The minimum Gasteiger partial charge on any atom is -0.405 e. The van der Waals surface area contributed by atoms with E-state index >= 15 is 0 Å². The fourth-order valence-electron chi connectivity index (χ4n) is 2.61. The van der Waals surface area contributed by atoms with E-state index in [0.29, 0.717) is 30.1 Å². The molecule has 0 atom stereocenters. The molecule has 2 aromatic rings. The Labute approximate surface area is 190 Å². The Kier molecular flexibility index (Phi) is 10.4. The molecule has 10 heteroatoms. The van der Waals surface area contributed by atoms with Gasteiger partial charge in [0.05, 0.1) is 0 Å². The van der Waals surface area contributed by atoms with E-state index < -0.39 is 6.36 Å². The van der Waals surface area contributed by atoms with Crippen LogP contribution < -0.4 is 20.7 Å². The highest BCUT2D eigenvalue weighted by Crippen LogP contribution is 2.26. The predicted octanol–water partition coefficient (Wildman–Crippen LogP) is 3.47. The SMILES string of the molecule is CN=C(NCCc1cccc(C(=O)NC)c1)NCc1ccccc1OC(F)(F)F.I. The number of carbonyl (C=O) groups is 1. The quantitative estimate of drug-likeness (QED) is 0.288. The molecule has 0 saturated carbocycles. The number of guanidine groups is 1. The lowest BCUT2D eigenvalue weighted by Crippen LogP contribution is -2.38. The number of amides is 1. The first-order valence-electron chi connectivity index (χ1n) is 8.91. The molecule has 0 aliphatic carbocycles. The van der Waals surface area contributed by atoms with Gasteiger partial charge in [0.15, 0.2) is 5.96 Å². The second kappa shape index (κ2) is 12.3. The Bertz CT molecular complexity index is 860. The number of hydrogen-bond donors (Lipinski definition) is 3. The molecule has 0 spiro atoms. The number of benzene rings is 2. The van der Waals surface area contributed by atoms with Crippen LogP contribution in [0.3, 0.4) is 0 Å². The van der Waals surface area contributed by atoms with Crippen molar-refractivity contribution >= 4 is 35.8 Å². The Hall–Kier alpha value is -2.50. The highest BCUT2D eigenvalue weighted by atomic mass is 127. The first-order chi connectivity index (χ1) is 13.8. The molecule has 6 nitrogen and oxygen atoms in total. The molecule has 0 aliphatic heterocycles. The van der Waals surface area contributed by atoms with Crippen LogP contribution in [0.25, 0.3) is 0 Å². The number of hydrogen-bond acceptors (Lipinski definition) is 3. The summed E-state index contributed by atoms with van der Waals surface area (Å²) in [4.78, 5) is 15.8. The van der Waals surface area contributed by atoms with E-state index in [0.717, 1.165) is 5.56 Å². The van der Waals surface area contributed by atoms with Gasteiger partial charge < -0.3 is 20.7 Å². The Morgan fingerprint density at radius 3 is 2.50 bits per heavy atom. The molecule has 0 fully saturated rings. The van der Waals surface area contributed by atoms with Gasteiger partial charge in [0.25, 0.3) is 5.91 Å². The molecule has 0 unspecified atom stereocenters. The van der Waals surface area contributed by atoms with Crippen molar-refractivity contribution in [3.8, 4) is 5.75 Å². The molecule has 0 heterocycles. The largest absolute Gasteiger partial charge is 0.573 e. The zero-order valence-corrected chi connectivity index (χ0v) is 18.9. The monoisotopic (exact) mass is 536 g/mol. The highest BCUT2D eigenvalue weighted by molar-refractivity contribution is 14.0. The van der Waals surface area contributed by atoms with Gasteiger partial charge in [0, 0.05) is 38.3 Å². The number of alkyl halides is 3. The topological polar surface area (TPSA) is 74.8 Å². The molecule has 0 radical (unpaired) electrons. The van der Waals surface area contributed by atoms with Crippen molar-refractivity contribution in [1.29, 1.82) is 0 Å². The van der Waals surface area contributed by atoms with Gasteiger partial charge in [-0.3, -0.25) is 9.79 Å². The molecular formula is C20H24F3IN4O2. The van der Waals surface area contributed by atoms with Crippen molar-refractivity contribution < 1.29 is 22.7 Å². The van der Waals surface area contributed by atoms with Gasteiger partial charge in [0.2, 0.25) is 0 Å². The number of halogens is 4. The summed E-state index contributed by atoms with van der Waals surface area (Å²) < 4.78 is 41.6. The second-order valence-electron chi connectivity index (χ2n) is 6.04. The van der Waals surface area contributed by atoms with Crippen LogP contribution >= 0.6 is 24.0 Å². The fourth-order valence-corrected chi connectivity index (χ4v) is 2.61. The first kappa shape index (κ1) is 25.5. The second-order valence-corrected chi connectivity index (χ2v) is 6.04. The third-order valence-electron chi connectivity index (χ3n) is 3.99. The molecule has 0 bridgehead atoms. The highest BCUT2D eigenvalue weighted by Gasteiger charge is 2.31. The zero-order valence-electron chi connectivity index (χ0n) is 16.5. The summed E-state index contributed by atoms with van der Waals surface area (Å²) in [5, 5.41) is 8.64. The average molecular weight is 536 g/mol. The number of aliphatic imine (C=N–C) groups is 1. The molecule has 164 valence electrons. The molecular weight excluding hydrogens is 512 g/mol. The Balaban J connectivity index is 0.00000450. The van der Waals surface area contributed by atoms with Crippen molar-refractivity contribution in [2.45, 2.75) is 19.3 Å². The van der Waals surface area contributed by atoms with E-state index in [2.05, 4.69) is 25.7 Å². The Morgan fingerprint density at radius 2 is 1.83 bits per heavy atom. The minimum atomic E-state index is -4.75. The molecule has 3 N–H and O–H groups in total. The average Bonchev–Trinajstić information content (AvgIpc) is 2.70. The smallest absolute Gasteiger partial charge is 0.405 e. The molecule has 0 saturated heterocycles. The third-order valence-corrected chi connectivity index (χ3v) is 3.99. The molecule has 0 aliphatic rings. The molecule has 1 amide bonds. The summed E-state index contributed by atoms with van der Waals surface area (Å²) in [5.74, 6) is 0.0280. The van der Waals surface area contributed by atoms with Gasteiger partial charge in [-0.05, 0) is 30.2 Å². The van der Waals surface area contributed by atoms with Gasteiger partial charge in [-0.25, -0.2) is 0 Å². The van der Waals surface area contributed by atoms with Crippen molar-refractivity contribution in [3.05, 3.63) is 65.2 Å². The van der Waals surface area contributed by atoms with Gasteiger partial charge in [0.1, 0.15) is 5.75 Å². The van der Waals surface area contributed by atoms with Gasteiger partial charge in [-0.15, -0.1) is 37.1 Å². The summed E-state index contributed by atoms with van der Waals surface area (Å²) in [6.45, 7) is 0.635. The third kappa shape index (κ3) is 8.47. The van der Waals surface area contributed by atoms with Crippen LogP contribution in [0.1, 0.15) is 21.5 Å². The van der Waals surface area contributed by atoms with Crippen LogP contribution in [0.5, 0.6) is 5.75 Å². The maximum atomic E-state index is 12.5. The minimum absolute atomic E-state index is 0. The number of para-hydroxylation sites is 1. The van der Waals surface area contributed by atoms with Crippen LogP contribution in [0, 0.1) is 0 Å². The van der Waals surface area contributed by atoms with Crippen molar-refractivity contribution in [3.63, 3.8) is 0 Å². The van der Waals surface area contributed by atoms with Crippen LogP contribution in [-0.4, -0.2) is 38.9 Å². The van der Waals surface area contributed by atoms with Crippen LogP contribution in [0.15, 0.2) is 53.5 Å². The summed E-state index contributed by atoms with van der Waals surface area (Å²) in [5.41, 5.74) is 1.90. The predicted molar refractivity (Wildman–Crippen MR) is 120 cm³/mol. The summed E-state index contributed by atoms with van der Waals surface area (Å²) >= 11 is 0. The normalized spacial score (nSPS) is 11.3. The number of nitrogens with one attached hydrogen (secondary N) is 3. The number of ether oxygens (including phenoxy) is 1. The van der Waals surface area contributed by atoms with Gasteiger partial charge >= 0.3 is 6.36 Å². The van der Waals surface area contributed by atoms with Crippen LogP contribution in [-0.2, 0) is 13.0 Å². The Morgan fingerprint density at radius 1 is 1.10 bits per heavy atom. The van der Waals surface area contributed by atoms with E-state index in [4.69, 9.17) is 0 Å². The van der Waals surface area contributed by atoms with E-state index in [1.165, 1.54) is 12.1 Å². The van der Waals surface area contributed by atoms with E-state index in [-0.39, 0.29) is 42.2 Å². The molecule has 2 aromatic carbocycles.